The number of hydrogen-bond donors (Lipinski definition) is 0. The number of halogens is 1. The molecule has 4 rings (SSSR count). The van der Waals surface area contributed by atoms with Gasteiger partial charge >= 0.3 is 5.97 Å². The van der Waals surface area contributed by atoms with E-state index in [-0.39, 0.29) is 11.8 Å². The van der Waals surface area contributed by atoms with Gasteiger partial charge in [0.1, 0.15) is 11.5 Å². The van der Waals surface area contributed by atoms with Crippen molar-refractivity contribution in [3.05, 3.63) is 89.7 Å². The van der Waals surface area contributed by atoms with Crippen molar-refractivity contribution in [1.29, 1.82) is 0 Å². The quantitative estimate of drug-likeness (QED) is 0.458. The molecule has 0 aliphatic heterocycles. The number of benzene rings is 3. The zero-order valence-electron chi connectivity index (χ0n) is 15.4. The maximum Gasteiger partial charge on any atom is 0.338 e. The fourth-order valence-electron chi connectivity index (χ4n) is 3.25. The van der Waals surface area contributed by atoms with Crippen LogP contribution < -0.4 is 0 Å². The van der Waals surface area contributed by atoms with Gasteiger partial charge in [0.15, 0.2) is 0 Å². The number of rotatable bonds is 5. The molecule has 5 heteroatoms. The van der Waals surface area contributed by atoms with Gasteiger partial charge in [0, 0.05) is 10.9 Å². The molecular weight excluding hydrogens is 355 g/mol. The van der Waals surface area contributed by atoms with E-state index in [2.05, 4.69) is 0 Å². The first-order valence-corrected chi connectivity index (χ1v) is 9.13. The molecule has 3 aromatic carbocycles. The smallest absolute Gasteiger partial charge is 0.338 e. The number of ether oxygens (including phenoxy) is 1. The number of aromatic nitrogens is 2. The van der Waals surface area contributed by atoms with Crippen LogP contribution in [0.1, 0.15) is 22.8 Å². The van der Waals surface area contributed by atoms with E-state index in [1.54, 1.807) is 25.1 Å². The first-order chi connectivity index (χ1) is 13.7. The highest BCUT2D eigenvalue weighted by Crippen LogP contribution is 2.28. The van der Waals surface area contributed by atoms with Gasteiger partial charge in [-0.1, -0.05) is 42.5 Å². The number of carbonyl (C=O) groups excluding carboxylic acids is 1. The summed E-state index contributed by atoms with van der Waals surface area (Å²) in [4.78, 5) is 11.9. The number of para-hydroxylation sites is 1. The van der Waals surface area contributed by atoms with Gasteiger partial charge < -0.3 is 4.74 Å². The van der Waals surface area contributed by atoms with Crippen LogP contribution in [0.25, 0.3) is 22.2 Å². The summed E-state index contributed by atoms with van der Waals surface area (Å²) in [6.07, 6.45) is 0. The lowest BCUT2D eigenvalue weighted by atomic mass is 10.1. The molecule has 1 heterocycles. The van der Waals surface area contributed by atoms with Crippen molar-refractivity contribution in [2.24, 2.45) is 0 Å². The summed E-state index contributed by atoms with van der Waals surface area (Å²) in [5, 5.41) is 5.78. The minimum Gasteiger partial charge on any atom is -0.462 e. The fraction of sp³-hybridized carbons (Fsp3) is 0.130. The summed E-state index contributed by atoms with van der Waals surface area (Å²) in [5.41, 5.74) is 4.05. The number of fused-ring (bicyclic) bond motifs is 1. The minimum absolute atomic E-state index is 0.260. The third-order valence-electron chi connectivity index (χ3n) is 4.55. The normalized spacial score (nSPS) is 10.9. The third-order valence-corrected chi connectivity index (χ3v) is 4.55. The highest BCUT2D eigenvalue weighted by molar-refractivity contribution is 5.94. The zero-order valence-corrected chi connectivity index (χ0v) is 15.4. The standard InChI is InChI=1S/C23H19FN2O2/c1-2-28-23(27)18-12-10-17(11-13-18)22-20-8-3-4-9-21(20)26(25-22)15-16-6-5-7-19(24)14-16/h3-14H,2,15H2,1H3. The van der Waals surface area contributed by atoms with Crippen molar-refractivity contribution >= 4 is 16.9 Å². The number of hydrogen-bond acceptors (Lipinski definition) is 3. The molecule has 0 radical (unpaired) electrons. The van der Waals surface area contributed by atoms with Crippen LogP contribution in [0.5, 0.6) is 0 Å². The largest absolute Gasteiger partial charge is 0.462 e. The molecule has 0 atom stereocenters. The Balaban J connectivity index is 1.73. The molecule has 0 aliphatic rings. The molecule has 0 aliphatic carbocycles. The Labute approximate surface area is 162 Å². The van der Waals surface area contributed by atoms with E-state index in [1.807, 2.05) is 47.1 Å². The van der Waals surface area contributed by atoms with Crippen molar-refractivity contribution in [2.45, 2.75) is 13.5 Å². The summed E-state index contributed by atoms with van der Waals surface area (Å²) in [7, 11) is 0. The molecule has 4 aromatic rings. The van der Waals surface area contributed by atoms with Crippen LogP contribution in [0.15, 0.2) is 72.8 Å². The van der Waals surface area contributed by atoms with Crippen LogP contribution in [0.4, 0.5) is 4.39 Å². The summed E-state index contributed by atoms with van der Waals surface area (Å²) < 4.78 is 20.5. The van der Waals surface area contributed by atoms with Gasteiger partial charge in [0.25, 0.3) is 0 Å². The fourth-order valence-corrected chi connectivity index (χ4v) is 3.25. The SMILES string of the molecule is CCOC(=O)c1ccc(-c2nn(Cc3cccc(F)c3)c3ccccc23)cc1. The van der Waals surface area contributed by atoms with E-state index < -0.39 is 0 Å². The zero-order chi connectivity index (χ0) is 19.5. The monoisotopic (exact) mass is 374 g/mol. The van der Waals surface area contributed by atoms with Crippen LogP contribution in [0, 0.1) is 5.82 Å². The maximum absolute atomic E-state index is 13.5. The minimum atomic E-state index is -0.337. The van der Waals surface area contributed by atoms with Gasteiger partial charge in [-0.25, -0.2) is 9.18 Å². The first-order valence-electron chi connectivity index (χ1n) is 9.13. The Hall–Kier alpha value is -3.47. The van der Waals surface area contributed by atoms with Crippen molar-refractivity contribution in [3.8, 4) is 11.3 Å². The predicted octanol–water partition coefficient (Wildman–Crippen LogP) is 5.07. The molecular formula is C23H19FN2O2. The van der Waals surface area contributed by atoms with Crippen molar-refractivity contribution in [3.63, 3.8) is 0 Å². The molecule has 140 valence electrons. The van der Waals surface area contributed by atoms with Gasteiger partial charge in [-0.3, -0.25) is 4.68 Å². The van der Waals surface area contributed by atoms with E-state index in [1.165, 1.54) is 12.1 Å². The lowest BCUT2D eigenvalue weighted by Crippen LogP contribution is -2.04. The van der Waals surface area contributed by atoms with Gasteiger partial charge in [-0.05, 0) is 42.8 Å². The van der Waals surface area contributed by atoms with Crippen molar-refractivity contribution in [1.82, 2.24) is 9.78 Å². The Morgan fingerprint density at radius 2 is 1.82 bits per heavy atom. The number of esters is 1. The van der Waals surface area contributed by atoms with Crippen molar-refractivity contribution < 1.29 is 13.9 Å². The van der Waals surface area contributed by atoms with Crippen LogP contribution >= 0.6 is 0 Å². The van der Waals surface area contributed by atoms with Gasteiger partial charge in [-0.2, -0.15) is 5.10 Å². The Kier molecular flexibility index (Phi) is 4.89. The highest BCUT2D eigenvalue weighted by Gasteiger charge is 2.14. The number of nitrogens with zero attached hydrogens (tertiary/aromatic N) is 2. The van der Waals surface area contributed by atoms with Gasteiger partial charge in [0.05, 0.1) is 24.2 Å². The van der Waals surface area contributed by atoms with E-state index in [4.69, 9.17) is 9.84 Å². The second kappa shape index (κ2) is 7.64. The van der Waals surface area contributed by atoms with Crippen LogP contribution in [0.3, 0.4) is 0 Å². The molecule has 28 heavy (non-hydrogen) atoms. The molecule has 0 unspecified atom stereocenters. The first kappa shape index (κ1) is 17.9. The molecule has 0 spiro atoms. The molecule has 1 aromatic heterocycles. The van der Waals surface area contributed by atoms with Crippen LogP contribution in [-0.4, -0.2) is 22.4 Å². The second-order valence-electron chi connectivity index (χ2n) is 6.45. The predicted molar refractivity (Wildman–Crippen MR) is 107 cm³/mol. The molecule has 0 bridgehead atoms. The average molecular weight is 374 g/mol. The Morgan fingerprint density at radius 1 is 1.04 bits per heavy atom. The molecule has 0 N–H and O–H groups in total. The summed E-state index contributed by atoms with van der Waals surface area (Å²) in [6.45, 7) is 2.60. The van der Waals surface area contributed by atoms with Crippen molar-refractivity contribution in [2.75, 3.05) is 6.61 Å². The van der Waals surface area contributed by atoms with E-state index in [0.717, 1.165) is 27.7 Å². The molecule has 0 fully saturated rings. The maximum atomic E-state index is 13.5. The van der Waals surface area contributed by atoms with E-state index in [9.17, 15) is 9.18 Å². The summed E-state index contributed by atoms with van der Waals surface area (Å²) >= 11 is 0. The molecule has 4 nitrogen and oxygen atoms in total. The van der Waals surface area contributed by atoms with Gasteiger partial charge in [0.2, 0.25) is 0 Å². The van der Waals surface area contributed by atoms with Crippen LogP contribution in [-0.2, 0) is 11.3 Å². The topological polar surface area (TPSA) is 44.1 Å². The molecule has 0 saturated heterocycles. The van der Waals surface area contributed by atoms with E-state index in [0.29, 0.717) is 18.7 Å². The van der Waals surface area contributed by atoms with Gasteiger partial charge in [-0.15, -0.1) is 0 Å². The summed E-state index contributed by atoms with van der Waals surface area (Å²) in [5.74, 6) is -0.598. The van der Waals surface area contributed by atoms with E-state index >= 15 is 0 Å². The molecule has 0 amide bonds. The average Bonchev–Trinajstić information content (AvgIpc) is 3.07. The Morgan fingerprint density at radius 3 is 2.57 bits per heavy atom. The van der Waals surface area contributed by atoms with Crippen LogP contribution in [0.2, 0.25) is 0 Å². The second-order valence-corrected chi connectivity index (χ2v) is 6.45. The molecule has 0 saturated carbocycles. The third kappa shape index (κ3) is 3.51. The highest BCUT2D eigenvalue weighted by atomic mass is 19.1. The number of carbonyl (C=O) groups is 1. The lowest BCUT2D eigenvalue weighted by Gasteiger charge is -2.04. The Bertz CT molecular complexity index is 1130. The summed E-state index contributed by atoms with van der Waals surface area (Å²) in [6, 6.07) is 21.7. The lowest BCUT2D eigenvalue weighted by molar-refractivity contribution is 0.0526.